The van der Waals surface area contributed by atoms with Crippen LogP contribution in [-0.2, 0) is 14.4 Å². The number of aromatic nitrogens is 2. The number of amides is 1. The predicted molar refractivity (Wildman–Crippen MR) is 119 cm³/mol. The lowest BCUT2D eigenvalue weighted by molar-refractivity contribution is -0.193. The molecule has 1 amide bonds. The fourth-order valence-corrected chi connectivity index (χ4v) is 2.34. The zero-order valence-corrected chi connectivity index (χ0v) is 19.0. The lowest BCUT2D eigenvalue weighted by Gasteiger charge is -2.02. The Morgan fingerprint density at radius 1 is 0.897 bits per heavy atom. The third-order valence-electron chi connectivity index (χ3n) is 4.10. The topological polar surface area (TPSA) is 208 Å². The van der Waals surface area contributed by atoms with E-state index in [-0.39, 0.29) is 5.84 Å². The highest BCUT2D eigenvalue weighted by Crippen LogP contribution is 2.20. The summed E-state index contributed by atoms with van der Waals surface area (Å²) in [6, 6.07) is 10.3. The summed E-state index contributed by atoms with van der Waals surface area (Å²) in [5.41, 5.74) is 8.52. The van der Waals surface area contributed by atoms with Crippen LogP contribution in [0.4, 0.5) is 26.3 Å². The molecule has 0 saturated heterocycles. The van der Waals surface area contributed by atoms with E-state index in [1.165, 1.54) is 0 Å². The summed E-state index contributed by atoms with van der Waals surface area (Å²) < 4.78 is 65.2. The van der Waals surface area contributed by atoms with Crippen molar-refractivity contribution in [3.63, 3.8) is 0 Å². The number of carbonyl (C=O) groups is 4. The zero-order chi connectivity index (χ0) is 30.1. The number of benzene rings is 1. The number of nitrogens with zero attached hydrogens (tertiary/aromatic N) is 2. The summed E-state index contributed by atoms with van der Waals surface area (Å²) in [5.74, 6) is -7.09. The molecule has 12 nitrogen and oxygen atoms in total. The Bertz CT molecular complexity index is 1340. The van der Waals surface area contributed by atoms with Crippen LogP contribution in [0.2, 0.25) is 0 Å². The second-order valence-corrected chi connectivity index (χ2v) is 6.98. The molecule has 0 aliphatic carbocycles. The molecule has 0 spiro atoms. The smallest absolute Gasteiger partial charge is 0.480 e. The molecule has 0 fully saturated rings. The van der Waals surface area contributed by atoms with Crippen molar-refractivity contribution in [3.8, 4) is 11.3 Å². The summed E-state index contributed by atoms with van der Waals surface area (Å²) in [7, 11) is 0. The van der Waals surface area contributed by atoms with Gasteiger partial charge in [0.25, 0.3) is 5.91 Å². The van der Waals surface area contributed by atoms with E-state index in [4.69, 9.17) is 36.1 Å². The van der Waals surface area contributed by atoms with E-state index >= 15 is 0 Å². The number of halogens is 6. The van der Waals surface area contributed by atoms with Crippen LogP contribution in [0.3, 0.4) is 0 Å². The number of carboxylic acid groups (broad SMARTS) is 3. The minimum absolute atomic E-state index is 0.00133. The number of nitrogens with two attached hydrogens (primary N) is 1. The number of amidine groups is 1. The number of pyridine rings is 1. The normalized spacial score (nSPS) is 10.8. The first-order valence-corrected chi connectivity index (χ1v) is 9.86. The Kier molecular flexibility index (Phi) is 10.5. The molecule has 39 heavy (non-hydrogen) atoms. The van der Waals surface area contributed by atoms with Crippen LogP contribution >= 0.6 is 0 Å². The third-order valence-corrected chi connectivity index (χ3v) is 4.10. The van der Waals surface area contributed by atoms with Crippen molar-refractivity contribution in [2.75, 3.05) is 6.54 Å². The Morgan fingerprint density at radius 3 is 1.79 bits per heavy atom. The number of carbonyl (C=O) groups excluding carboxylic acids is 1. The molecule has 0 aliphatic rings. The van der Waals surface area contributed by atoms with Gasteiger partial charge in [-0.15, -0.1) is 0 Å². The van der Waals surface area contributed by atoms with E-state index in [9.17, 15) is 35.9 Å². The minimum Gasteiger partial charge on any atom is -0.480 e. The molecule has 2 heterocycles. The van der Waals surface area contributed by atoms with Crippen molar-refractivity contribution in [1.29, 1.82) is 5.41 Å². The minimum atomic E-state index is -5.08. The van der Waals surface area contributed by atoms with Crippen LogP contribution in [0.25, 0.3) is 16.9 Å². The number of imidazole rings is 1. The zero-order valence-electron chi connectivity index (χ0n) is 19.0. The average Bonchev–Trinajstić information content (AvgIpc) is 3.25. The molecule has 3 aromatic rings. The number of aliphatic carboxylic acids is 3. The van der Waals surface area contributed by atoms with E-state index < -0.39 is 42.7 Å². The van der Waals surface area contributed by atoms with Gasteiger partial charge in [0.15, 0.2) is 0 Å². The van der Waals surface area contributed by atoms with Crippen LogP contribution < -0.4 is 11.1 Å². The van der Waals surface area contributed by atoms with E-state index in [0.717, 1.165) is 5.56 Å². The highest BCUT2D eigenvalue weighted by molar-refractivity contribution is 5.97. The van der Waals surface area contributed by atoms with Gasteiger partial charge in [-0.25, -0.2) is 14.6 Å². The molecule has 0 radical (unpaired) electrons. The molecule has 0 saturated carbocycles. The van der Waals surface area contributed by atoms with Gasteiger partial charge in [0.05, 0.1) is 5.69 Å². The summed E-state index contributed by atoms with van der Waals surface area (Å²) in [6.45, 7) is -0.438. The van der Waals surface area contributed by atoms with Crippen molar-refractivity contribution in [2.24, 2.45) is 5.73 Å². The number of nitrogen functional groups attached to an aromatic ring is 1. The maximum Gasteiger partial charge on any atom is 0.490 e. The van der Waals surface area contributed by atoms with Gasteiger partial charge in [-0.3, -0.25) is 15.0 Å². The fraction of sp³-hybridized carbons (Fsp3) is 0.143. The van der Waals surface area contributed by atoms with Crippen molar-refractivity contribution in [1.82, 2.24) is 14.7 Å². The molecule has 0 unspecified atom stereocenters. The predicted octanol–water partition coefficient (Wildman–Crippen LogP) is 2.37. The van der Waals surface area contributed by atoms with Gasteiger partial charge in [-0.1, -0.05) is 24.3 Å². The van der Waals surface area contributed by atoms with Crippen molar-refractivity contribution < 1.29 is 60.8 Å². The Balaban J connectivity index is 0.000000449. The summed E-state index contributed by atoms with van der Waals surface area (Å²) >= 11 is 0. The molecule has 1 aromatic carbocycles. The van der Waals surface area contributed by atoms with Gasteiger partial charge in [-0.05, 0) is 12.1 Å². The second-order valence-electron chi connectivity index (χ2n) is 6.98. The van der Waals surface area contributed by atoms with E-state index in [2.05, 4.69) is 10.3 Å². The van der Waals surface area contributed by atoms with Crippen LogP contribution in [-0.4, -0.2) is 73.3 Å². The number of fused-ring (bicyclic) bond motifs is 1. The van der Waals surface area contributed by atoms with Crippen molar-refractivity contribution >= 4 is 35.3 Å². The maximum absolute atomic E-state index is 11.9. The molecule has 2 aromatic heterocycles. The molecule has 18 heteroatoms. The van der Waals surface area contributed by atoms with Crippen molar-refractivity contribution in [2.45, 2.75) is 12.4 Å². The van der Waals surface area contributed by atoms with Gasteiger partial charge in [-0.2, -0.15) is 26.3 Å². The van der Waals surface area contributed by atoms with Gasteiger partial charge >= 0.3 is 30.3 Å². The molecule has 210 valence electrons. The second kappa shape index (κ2) is 12.9. The van der Waals surface area contributed by atoms with Crippen LogP contribution in [0.15, 0.2) is 48.8 Å². The Hall–Kier alpha value is -5.16. The monoisotopic (exact) mass is 565 g/mol. The van der Waals surface area contributed by atoms with Crippen LogP contribution in [0, 0.1) is 5.41 Å². The molecular formula is C21H17F6N5O7. The van der Waals surface area contributed by atoms with E-state index in [1.54, 1.807) is 34.9 Å². The Labute approximate surface area is 212 Å². The molecule has 0 atom stereocenters. The lowest BCUT2D eigenvalue weighted by Crippen LogP contribution is -2.29. The van der Waals surface area contributed by atoms with Gasteiger partial charge in [0, 0.05) is 29.1 Å². The number of hydrogen-bond donors (Lipinski definition) is 6. The number of hydrogen-bond acceptors (Lipinski definition) is 6. The molecule has 3 rings (SSSR count). The summed E-state index contributed by atoms with van der Waals surface area (Å²) in [4.78, 5) is 44.7. The van der Waals surface area contributed by atoms with Crippen LogP contribution in [0.5, 0.6) is 0 Å². The number of rotatable bonds is 5. The highest BCUT2D eigenvalue weighted by atomic mass is 19.4. The maximum atomic E-state index is 11.9. The summed E-state index contributed by atoms with van der Waals surface area (Å²) in [6.07, 6.45) is -6.66. The van der Waals surface area contributed by atoms with Crippen molar-refractivity contribution in [3.05, 3.63) is 59.9 Å². The molecule has 0 aliphatic heterocycles. The summed E-state index contributed by atoms with van der Waals surface area (Å²) in [5, 5.41) is 32.6. The van der Waals surface area contributed by atoms with Crippen LogP contribution in [0.1, 0.15) is 15.9 Å². The Morgan fingerprint density at radius 2 is 1.38 bits per heavy atom. The molecule has 0 bridgehead atoms. The number of carboxylic acids is 3. The first-order valence-electron chi connectivity index (χ1n) is 9.86. The molecular weight excluding hydrogens is 548 g/mol. The lowest BCUT2D eigenvalue weighted by atomic mass is 10.1. The average molecular weight is 565 g/mol. The van der Waals surface area contributed by atoms with E-state index in [1.807, 2.05) is 18.3 Å². The SMILES string of the molecule is N=C(N)c1ccc(-c2cn3ccc(C(=O)NCC(=O)O)cc3n2)cc1.O=C(O)C(F)(F)F.O=C(O)C(F)(F)F. The largest absolute Gasteiger partial charge is 0.490 e. The fourth-order valence-electron chi connectivity index (χ4n) is 2.34. The van der Waals surface area contributed by atoms with Gasteiger partial charge < -0.3 is 30.8 Å². The highest BCUT2D eigenvalue weighted by Gasteiger charge is 2.38. The number of nitrogens with one attached hydrogen (secondary N) is 2. The first-order chi connectivity index (χ1) is 17.8. The van der Waals surface area contributed by atoms with Gasteiger partial charge in [0.2, 0.25) is 0 Å². The van der Waals surface area contributed by atoms with E-state index in [0.29, 0.717) is 22.5 Å². The quantitative estimate of drug-likeness (QED) is 0.152. The first kappa shape index (κ1) is 31.9. The molecule has 7 N–H and O–H groups in total. The third kappa shape index (κ3) is 10.4. The van der Waals surface area contributed by atoms with Gasteiger partial charge in [0.1, 0.15) is 18.0 Å². The number of alkyl halides is 6. The standard InChI is InChI=1S/C17H15N5O3.2C2HF3O2/c18-16(19)11-3-1-10(2-4-11)13-9-22-6-5-12(7-14(22)21-13)17(25)20-8-15(23)24;2*3-2(4,5)1(6)7/h1-7,9H,8H2,(H3,18,19)(H,20,25)(H,23,24);2*(H,6,7).